The van der Waals surface area contributed by atoms with E-state index in [1.807, 2.05) is 24.3 Å². The third-order valence-electron chi connectivity index (χ3n) is 2.86. The summed E-state index contributed by atoms with van der Waals surface area (Å²) in [5, 5.41) is 10.9. The Morgan fingerprint density at radius 3 is 2.67 bits per heavy atom. The van der Waals surface area contributed by atoms with Gasteiger partial charge in [-0.2, -0.15) is 0 Å². The summed E-state index contributed by atoms with van der Waals surface area (Å²) in [6.07, 6.45) is 0. The predicted octanol–water partition coefficient (Wildman–Crippen LogP) is 4.08. The third-order valence-corrected chi connectivity index (χ3v) is 3.77. The van der Waals surface area contributed by atoms with Crippen LogP contribution in [0.1, 0.15) is 11.1 Å². The number of benzene rings is 2. The van der Waals surface area contributed by atoms with Crippen LogP contribution in [-0.2, 0) is 18.0 Å². The second-order valence-corrected chi connectivity index (χ2v) is 5.17. The molecule has 0 atom stereocenters. The van der Waals surface area contributed by atoms with Gasteiger partial charge in [0, 0.05) is 18.7 Å². The van der Waals surface area contributed by atoms with Crippen LogP contribution in [0.5, 0.6) is 5.75 Å². The van der Waals surface area contributed by atoms with E-state index in [0.717, 1.165) is 11.1 Å². The molecule has 0 fully saturated rings. The first-order valence-corrected chi connectivity index (χ1v) is 7.03. The van der Waals surface area contributed by atoms with E-state index in [2.05, 4.69) is 15.9 Å². The molecule has 0 aliphatic heterocycles. The van der Waals surface area contributed by atoms with Crippen LogP contribution in [0.4, 0.5) is 5.69 Å². The number of hydrogen-bond donors (Lipinski definition) is 0. The minimum absolute atomic E-state index is 0.0317. The molecular weight excluding hydrogens is 338 g/mol. The normalized spacial score (nSPS) is 10.4. The highest BCUT2D eigenvalue weighted by molar-refractivity contribution is 9.10. The topological polar surface area (TPSA) is 61.6 Å². The van der Waals surface area contributed by atoms with Crippen molar-refractivity contribution in [3.63, 3.8) is 0 Å². The summed E-state index contributed by atoms with van der Waals surface area (Å²) in [5.74, 6) is 0.697. The van der Waals surface area contributed by atoms with Crippen molar-refractivity contribution in [2.45, 2.75) is 13.2 Å². The number of rotatable bonds is 6. The second kappa shape index (κ2) is 7.19. The summed E-state index contributed by atoms with van der Waals surface area (Å²) < 4.78 is 11.2. The molecule has 21 heavy (non-hydrogen) atoms. The molecule has 5 nitrogen and oxygen atoms in total. The van der Waals surface area contributed by atoms with E-state index in [1.54, 1.807) is 19.2 Å². The van der Waals surface area contributed by atoms with Crippen molar-refractivity contribution in [2.75, 3.05) is 7.11 Å². The maximum atomic E-state index is 10.9. The van der Waals surface area contributed by atoms with Gasteiger partial charge >= 0.3 is 0 Å². The molecule has 0 aliphatic carbocycles. The van der Waals surface area contributed by atoms with Crippen molar-refractivity contribution in [3.05, 3.63) is 68.2 Å². The molecule has 0 radical (unpaired) electrons. The lowest BCUT2D eigenvalue weighted by molar-refractivity contribution is -0.385. The van der Waals surface area contributed by atoms with Gasteiger partial charge in [-0.15, -0.1) is 0 Å². The van der Waals surface area contributed by atoms with Crippen molar-refractivity contribution in [3.8, 4) is 5.75 Å². The molecule has 0 unspecified atom stereocenters. The van der Waals surface area contributed by atoms with Gasteiger partial charge in [-0.25, -0.2) is 0 Å². The van der Waals surface area contributed by atoms with Gasteiger partial charge in [0.1, 0.15) is 16.8 Å². The number of ether oxygens (including phenoxy) is 2. The third kappa shape index (κ3) is 4.03. The average Bonchev–Trinajstić information content (AvgIpc) is 2.46. The Bertz CT molecular complexity index is 645. The minimum atomic E-state index is -0.424. The van der Waals surface area contributed by atoms with Gasteiger partial charge in [0.15, 0.2) is 0 Å². The summed E-state index contributed by atoms with van der Waals surface area (Å²) in [7, 11) is 1.63. The molecule has 0 spiro atoms. The Morgan fingerprint density at radius 1 is 1.19 bits per heavy atom. The summed E-state index contributed by atoms with van der Waals surface area (Å²) in [6.45, 7) is 0.760. The molecule has 0 N–H and O–H groups in total. The predicted molar refractivity (Wildman–Crippen MR) is 82.3 cm³/mol. The zero-order chi connectivity index (χ0) is 15.2. The average molecular weight is 352 g/mol. The fraction of sp³-hybridized carbons (Fsp3) is 0.200. The molecule has 2 aromatic carbocycles. The molecule has 2 aromatic rings. The van der Waals surface area contributed by atoms with Crippen molar-refractivity contribution < 1.29 is 14.4 Å². The quantitative estimate of drug-likeness (QED) is 0.581. The van der Waals surface area contributed by atoms with Crippen LogP contribution < -0.4 is 4.74 Å². The van der Waals surface area contributed by atoms with Gasteiger partial charge < -0.3 is 9.47 Å². The first-order valence-electron chi connectivity index (χ1n) is 6.24. The zero-order valence-electron chi connectivity index (χ0n) is 11.4. The molecule has 0 aromatic heterocycles. The summed E-state index contributed by atoms with van der Waals surface area (Å²) in [4.78, 5) is 10.5. The van der Waals surface area contributed by atoms with Gasteiger partial charge in [-0.05, 0) is 33.6 Å². The van der Waals surface area contributed by atoms with Gasteiger partial charge in [0.2, 0.25) is 0 Å². The molecule has 0 aliphatic rings. The minimum Gasteiger partial charge on any atom is -0.489 e. The molecule has 0 heterocycles. The SMILES string of the molecule is COCc1cccc(OCc2cccc([N+](=O)[O-])c2Br)c1. The van der Waals surface area contributed by atoms with E-state index >= 15 is 0 Å². The number of halogens is 1. The summed E-state index contributed by atoms with van der Waals surface area (Å²) in [6, 6.07) is 12.4. The lowest BCUT2D eigenvalue weighted by Crippen LogP contribution is -1.99. The highest BCUT2D eigenvalue weighted by Crippen LogP contribution is 2.29. The van der Waals surface area contributed by atoms with Crippen LogP contribution in [0.15, 0.2) is 46.9 Å². The lowest BCUT2D eigenvalue weighted by atomic mass is 10.2. The molecule has 2 rings (SSSR count). The van der Waals surface area contributed by atoms with E-state index in [1.165, 1.54) is 6.07 Å². The van der Waals surface area contributed by atoms with E-state index in [9.17, 15) is 10.1 Å². The van der Waals surface area contributed by atoms with Gasteiger partial charge in [-0.3, -0.25) is 10.1 Å². The highest BCUT2D eigenvalue weighted by Gasteiger charge is 2.15. The van der Waals surface area contributed by atoms with Crippen LogP contribution in [-0.4, -0.2) is 12.0 Å². The van der Waals surface area contributed by atoms with Gasteiger partial charge in [0.25, 0.3) is 5.69 Å². The molecule has 0 saturated heterocycles. The van der Waals surface area contributed by atoms with Crippen LogP contribution in [0, 0.1) is 10.1 Å². The van der Waals surface area contributed by atoms with Gasteiger partial charge in [-0.1, -0.05) is 24.3 Å². The van der Waals surface area contributed by atoms with Crippen molar-refractivity contribution in [2.24, 2.45) is 0 Å². The molecule has 0 bridgehead atoms. The maximum Gasteiger partial charge on any atom is 0.283 e. The standard InChI is InChI=1S/C15H14BrNO4/c1-20-9-11-4-2-6-13(8-11)21-10-12-5-3-7-14(15(12)16)17(18)19/h2-8H,9-10H2,1H3. The molecule has 0 amide bonds. The Kier molecular flexibility index (Phi) is 5.30. The molecule has 0 saturated carbocycles. The van der Waals surface area contributed by atoms with Crippen LogP contribution in [0.2, 0.25) is 0 Å². The zero-order valence-corrected chi connectivity index (χ0v) is 13.0. The lowest BCUT2D eigenvalue weighted by Gasteiger charge is -2.09. The largest absolute Gasteiger partial charge is 0.489 e. The number of hydrogen-bond acceptors (Lipinski definition) is 4. The highest BCUT2D eigenvalue weighted by atomic mass is 79.9. The van der Waals surface area contributed by atoms with Crippen LogP contribution in [0.3, 0.4) is 0 Å². The van der Waals surface area contributed by atoms with Crippen molar-refractivity contribution in [1.29, 1.82) is 0 Å². The fourth-order valence-corrected chi connectivity index (χ4v) is 2.40. The molecular formula is C15H14BrNO4. The van der Waals surface area contributed by atoms with Crippen molar-refractivity contribution >= 4 is 21.6 Å². The van der Waals surface area contributed by atoms with E-state index in [0.29, 0.717) is 16.8 Å². The monoisotopic (exact) mass is 351 g/mol. The number of methoxy groups -OCH3 is 1. The summed E-state index contributed by atoms with van der Waals surface area (Å²) >= 11 is 3.25. The number of nitro benzene ring substituents is 1. The van der Waals surface area contributed by atoms with Crippen LogP contribution in [0.25, 0.3) is 0 Å². The number of nitro groups is 1. The smallest absolute Gasteiger partial charge is 0.283 e. The fourth-order valence-electron chi connectivity index (χ4n) is 1.87. The Labute approximate surface area is 130 Å². The second-order valence-electron chi connectivity index (χ2n) is 4.38. The Balaban J connectivity index is 2.11. The summed E-state index contributed by atoms with van der Waals surface area (Å²) in [5.41, 5.74) is 1.76. The van der Waals surface area contributed by atoms with Crippen molar-refractivity contribution in [1.82, 2.24) is 0 Å². The first kappa shape index (κ1) is 15.5. The van der Waals surface area contributed by atoms with E-state index in [4.69, 9.17) is 9.47 Å². The van der Waals surface area contributed by atoms with E-state index in [-0.39, 0.29) is 12.3 Å². The Hall–Kier alpha value is -1.92. The Morgan fingerprint density at radius 2 is 1.95 bits per heavy atom. The molecule has 6 heteroatoms. The van der Waals surface area contributed by atoms with Gasteiger partial charge in [0.05, 0.1) is 11.5 Å². The van der Waals surface area contributed by atoms with Crippen LogP contribution >= 0.6 is 15.9 Å². The first-order chi connectivity index (χ1) is 10.1. The number of nitrogens with zero attached hydrogens (tertiary/aromatic N) is 1. The van der Waals surface area contributed by atoms with E-state index < -0.39 is 4.92 Å². The molecule has 110 valence electrons. The maximum absolute atomic E-state index is 10.9.